The molecule has 0 aliphatic carbocycles. The summed E-state index contributed by atoms with van der Waals surface area (Å²) in [7, 11) is 0. The number of amides is 1. The molecule has 0 saturated heterocycles. The number of aromatic nitrogens is 2. The van der Waals surface area contributed by atoms with Crippen LogP contribution in [0.3, 0.4) is 0 Å². The molecule has 2 aromatic heterocycles. The molecule has 26 heavy (non-hydrogen) atoms. The smallest absolute Gasteiger partial charge is 0.276 e. The molecule has 3 heterocycles. The lowest BCUT2D eigenvalue weighted by molar-refractivity contribution is 0.0980. The van der Waals surface area contributed by atoms with Gasteiger partial charge in [-0.2, -0.15) is 0 Å². The Morgan fingerprint density at radius 2 is 2.04 bits per heavy atom. The fourth-order valence-electron chi connectivity index (χ4n) is 3.25. The van der Waals surface area contributed by atoms with E-state index in [1.54, 1.807) is 12.4 Å². The van der Waals surface area contributed by atoms with Crippen LogP contribution in [-0.2, 0) is 13.0 Å². The molecule has 0 bridgehead atoms. The summed E-state index contributed by atoms with van der Waals surface area (Å²) in [6.07, 6.45) is 7.24. The second-order valence-electron chi connectivity index (χ2n) is 6.33. The largest absolute Gasteiger partial charge is 0.381 e. The fraction of sp³-hybridized carbons (Fsp3) is 0.190. The number of benzene rings is 1. The Bertz CT molecular complexity index is 911. The van der Waals surface area contributed by atoms with Gasteiger partial charge in [0.15, 0.2) is 0 Å². The van der Waals surface area contributed by atoms with Crippen molar-refractivity contribution in [1.82, 2.24) is 9.97 Å². The highest BCUT2D eigenvalue weighted by Gasteiger charge is 2.24. The van der Waals surface area contributed by atoms with Crippen LogP contribution in [0.15, 0.2) is 67.1 Å². The lowest BCUT2D eigenvalue weighted by Gasteiger charge is -2.29. The predicted molar refractivity (Wildman–Crippen MR) is 102 cm³/mol. The van der Waals surface area contributed by atoms with Crippen molar-refractivity contribution < 1.29 is 4.79 Å². The van der Waals surface area contributed by atoms with E-state index in [-0.39, 0.29) is 5.91 Å². The number of nitrogens with one attached hydrogen (secondary N) is 1. The van der Waals surface area contributed by atoms with Crippen LogP contribution in [0.25, 0.3) is 0 Å². The zero-order chi connectivity index (χ0) is 17.8. The summed E-state index contributed by atoms with van der Waals surface area (Å²) in [4.78, 5) is 23.3. The molecule has 1 amide bonds. The van der Waals surface area contributed by atoms with Gasteiger partial charge in [-0.05, 0) is 48.2 Å². The van der Waals surface area contributed by atoms with Crippen molar-refractivity contribution in [3.8, 4) is 0 Å². The number of fused-ring (bicyclic) bond motifs is 1. The Hall–Kier alpha value is -3.21. The highest BCUT2D eigenvalue weighted by molar-refractivity contribution is 6.05. The van der Waals surface area contributed by atoms with Crippen LogP contribution in [-0.4, -0.2) is 22.4 Å². The quantitative estimate of drug-likeness (QED) is 0.784. The van der Waals surface area contributed by atoms with Gasteiger partial charge < -0.3 is 10.2 Å². The molecule has 1 aromatic carbocycles. The van der Waals surface area contributed by atoms with E-state index in [9.17, 15) is 4.79 Å². The standard InChI is InChI=1S/C21H20N4O/c26-21(25-12-4-7-17-6-1-2-8-20(17)25)19-13-18(9-11-23-19)24-15-16-5-3-10-22-14-16/h1-3,5-6,8-11,13-14H,4,7,12,15H2,(H,23,24). The van der Waals surface area contributed by atoms with E-state index in [2.05, 4.69) is 21.4 Å². The third-order valence-corrected chi connectivity index (χ3v) is 4.55. The second-order valence-corrected chi connectivity index (χ2v) is 6.33. The van der Waals surface area contributed by atoms with Crippen LogP contribution in [0.2, 0.25) is 0 Å². The maximum atomic E-state index is 13.0. The van der Waals surface area contributed by atoms with Gasteiger partial charge in [-0.1, -0.05) is 24.3 Å². The minimum absolute atomic E-state index is 0.0535. The van der Waals surface area contributed by atoms with E-state index in [0.717, 1.165) is 36.3 Å². The van der Waals surface area contributed by atoms with Gasteiger partial charge >= 0.3 is 0 Å². The predicted octanol–water partition coefficient (Wildman–Crippen LogP) is 3.68. The summed E-state index contributed by atoms with van der Waals surface area (Å²) >= 11 is 0. The number of anilines is 2. The fourth-order valence-corrected chi connectivity index (χ4v) is 3.25. The van der Waals surface area contributed by atoms with E-state index in [1.165, 1.54) is 5.56 Å². The molecule has 0 spiro atoms. The van der Waals surface area contributed by atoms with Gasteiger partial charge in [-0.3, -0.25) is 14.8 Å². The molecular formula is C21H20N4O. The van der Waals surface area contributed by atoms with Crippen molar-refractivity contribution in [2.45, 2.75) is 19.4 Å². The Morgan fingerprint density at radius 1 is 1.12 bits per heavy atom. The molecule has 3 aromatic rings. The normalized spacial score (nSPS) is 13.2. The van der Waals surface area contributed by atoms with Gasteiger partial charge in [0, 0.05) is 43.1 Å². The van der Waals surface area contributed by atoms with Crippen LogP contribution in [0.1, 0.15) is 28.0 Å². The minimum atomic E-state index is -0.0535. The number of hydrogen-bond donors (Lipinski definition) is 1. The van der Waals surface area contributed by atoms with Crippen molar-refractivity contribution in [2.24, 2.45) is 0 Å². The SMILES string of the molecule is O=C(c1cc(NCc2cccnc2)ccn1)N1CCCc2ccccc21. The second kappa shape index (κ2) is 7.35. The van der Waals surface area contributed by atoms with E-state index < -0.39 is 0 Å². The van der Waals surface area contributed by atoms with Gasteiger partial charge in [0.05, 0.1) is 0 Å². The lowest BCUT2D eigenvalue weighted by Crippen LogP contribution is -2.35. The molecule has 0 saturated carbocycles. The van der Waals surface area contributed by atoms with Crippen molar-refractivity contribution in [2.75, 3.05) is 16.8 Å². The van der Waals surface area contributed by atoms with Crippen molar-refractivity contribution in [3.05, 3.63) is 83.9 Å². The summed E-state index contributed by atoms with van der Waals surface area (Å²) in [6, 6.07) is 15.7. The number of hydrogen-bond acceptors (Lipinski definition) is 4. The molecule has 0 fully saturated rings. The number of aryl methyl sites for hydroxylation is 1. The number of nitrogens with zero attached hydrogens (tertiary/aromatic N) is 3. The Labute approximate surface area is 152 Å². The number of para-hydroxylation sites is 1. The molecule has 5 nitrogen and oxygen atoms in total. The van der Waals surface area contributed by atoms with Crippen LogP contribution in [0.5, 0.6) is 0 Å². The number of carbonyl (C=O) groups excluding carboxylic acids is 1. The molecule has 0 radical (unpaired) electrons. The molecule has 130 valence electrons. The first-order valence-corrected chi connectivity index (χ1v) is 8.80. The monoisotopic (exact) mass is 344 g/mol. The third-order valence-electron chi connectivity index (χ3n) is 4.55. The summed E-state index contributed by atoms with van der Waals surface area (Å²) in [5.74, 6) is -0.0535. The number of rotatable bonds is 4. The molecule has 1 aliphatic rings. The lowest BCUT2D eigenvalue weighted by atomic mass is 10.0. The summed E-state index contributed by atoms with van der Waals surface area (Å²) in [5.41, 5.74) is 4.63. The van der Waals surface area contributed by atoms with Crippen LogP contribution >= 0.6 is 0 Å². The first-order valence-electron chi connectivity index (χ1n) is 8.80. The average molecular weight is 344 g/mol. The highest BCUT2D eigenvalue weighted by Crippen LogP contribution is 2.28. The average Bonchev–Trinajstić information content (AvgIpc) is 2.72. The zero-order valence-electron chi connectivity index (χ0n) is 14.4. The third kappa shape index (κ3) is 3.42. The van der Waals surface area contributed by atoms with Crippen LogP contribution in [0.4, 0.5) is 11.4 Å². The summed E-state index contributed by atoms with van der Waals surface area (Å²) < 4.78 is 0. The Morgan fingerprint density at radius 3 is 2.92 bits per heavy atom. The summed E-state index contributed by atoms with van der Waals surface area (Å²) in [5, 5.41) is 3.33. The molecule has 0 atom stereocenters. The van der Waals surface area contributed by atoms with Crippen LogP contribution in [0, 0.1) is 0 Å². The topological polar surface area (TPSA) is 58.1 Å². The Kier molecular flexibility index (Phi) is 4.60. The summed E-state index contributed by atoms with van der Waals surface area (Å²) in [6.45, 7) is 1.38. The van der Waals surface area contributed by atoms with Gasteiger partial charge in [-0.15, -0.1) is 0 Å². The van der Waals surface area contributed by atoms with E-state index in [4.69, 9.17) is 0 Å². The van der Waals surface area contributed by atoms with Gasteiger partial charge in [0.2, 0.25) is 0 Å². The molecule has 1 N–H and O–H groups in total. The first-order chi connectivity index (χ1) is 12.8. The maximum absolute atomic E-state index is 13.0. The first kappa shape index (κ1) is 16.3. The molecule has 4 rings (SSSR count). The van der Waals surface area contributed by atoms with Crippen molar-refractivity contribution >= 4 is 17.3 Å². The number of carbonyl (C=O) groups is 1. The number of pyridine rings is 2. The van der Waals surface area contributed by atoms with E-state index in [1.807, 2.05) is 53.6 Å². The van der Waals surface area contributed by atoms with Crippen molar-refractivity contribution in [1.29, 1.82) is 0 Å². The van der Waals surface area contributed by atoms with E-state index >= 15 is 0 Å². The Balaban J connectivity index is 1.52. The minimum Gasteiger partial charge on any atom is -0.381 e. The highest BCUT2D eigenvalue weighted by atomic mass is 16.2. The molecule has 1 aliphatic heterocycles. The van der Waals surface area contributed by atoms with Gasteiger partial charge in [-0.25, -0.2) is 0 Å². The molecular weight excluding hydrogens is 324 g/mol. The zero-order valence-corrected chi connectivity index (χ0v) is 14.4. The maximum Gasteiger partial charge on any atom is 0.276 e. The van der Waals surface area contributed by atoms with Gasteiger partial charge in [0.1, 0.15) is 5.69 Å². The van der Waals surface area contributed by atoms with Gasteiger partial charge in [0.25, 0.3) is 5.91 Å². The molecule has 0 unspecified atom stereocenters. The van der Waals surface area contributed by atoms with Crippen molar-refractivity contribution in [3.63, 3.8) is 0 Å². The molecule has 5 heteroatoms. The van der Waals surface area contributed by atoms with E-state index in [0.29, 0.717) is 12.2 Å². The van der Waals surface area contributed by atoms with Crippen LogP contribution < -0.4 is 10.2 Å².